The number of aliphatic hydroxyl groups excluding tert-OH is 1. The molecule has 3 aromatic rings. The number of aryl methyl sites for hydroxylation is 1. The first-order valence-electron chi connectivity index (χ1n) is 19.0. The molecule has 1 aliphatic carbocycles. The minimum absolute atomic E-state index is 0.0684. The van der Waals surface area contributed by atoms with Crippen molar-refractivity contribution in [3.63, 3.8) is 0 Å². The van der Waals surface area contributed by atoms with Crippen molar-refractivity contribution in [3.05, 3.63) is 106 Å². The van der Waals surface area contributed by atoms with E-state index in [9.17, 15) is 20.3 Å². The second-order valence-electron chi connectivity index (χ2n) is 14.8. The molecule has 10 nitrogen and oxygen atoms in total. The molecule has 0 saturated carbocycles. The molecule has 3 heterocycles. The zero-order valence-corrected chi connectivity index (χ0v) is 32.0. The Labute approximate surface area is 323 Å². The number of aliphatic carboxylic acids is 1. The SMILES string of the molecule is Cc1ccccc1C1=CC=CC(COc2cc(OCc3cncc(C#N)c3)c(CN3CCCC[C@H]3C(=O)O)cc2Cl)(OCCCN2CCC[C@@H](O)C2)C1C. The number of carboxylic acid groups (broad SMARTS) is 1. The molecule has 2 unspecified atom stereocenters. The fraction of sp³-hybridized carbons (Fsp3) is 0.465. The molecule has 6 rings (SSSR count). The zero-order valence-electron chi connectivity index (χ0n) is 31.3. The first kappa shape index (κ1) is 39.5. The summed E-state index contributed by atoms with van der Waals surface area (Å²) in [6, 6.07) is 15.2. The van der Waals surface area contributed by atoms with Gasteiger partial charge in [-0.3, -0.25) is 14.7 Å². The van der Waals surface area contributed by atoms with Gasteiger partial charge in [0.05, 0.1) is 16.7 Å². The van der Waals surface area contributed by atoms with Crippen LogP contribution in [0.4, 0.5) is 0 Å². The van der Waals surface area contributed by atoms with Crippen molar-refractivity contribution in [2.75, 3.05) is 39.4 Å². The van der Waals surface area contributed by atoms with Gasteiger partial charge in [-0.1, -0.05) is 61.4 Å². The minimum Gasteiger partial charge on any atom is -0.489 e. The number of pyridine rings is 1. The van der Waals surface area contributed by atoms with Gasteiger partial charge in [0.2, 0.25) is 0 Å². The summed E-state index contributed by atoms with van der Waals surface area (Å²) in [6.45, 7) is 8.62. The number of nitriles is 1. The molecular formula is C43H51ClN4O6. The highest BCUT2D eigenvalue weighted by atomic mass is 35.5. The van der Waals surface area contributed by atoms with Crippen LogP contribution in [0.15, 0.2) is 73.1 Å². The van der Waals surface area contributed by atoms with Gasteiger partial charge in [0.1, 0.15) is 42.4 Å². The largest absolute Gasteiger partial charge is 0.489 e. The molecular weight excluding hydrogens is 704 g/mol. The molecule has 4 atom stereocenters. The number of ether oxygens (including phenoxy) is 3. The molecule has 2 aliphatic heterocycles. The molecule has 11 heteroatoms. The van der Waals surface area contributed by atoms with E-state index in [1.807, 2.05) is 23.1 Å². The van der Waals surface area contributed by atoms with Crippen LogP contribution < -0.4 is 9.47 Å². The monoisotopic (exact) mass is 754 g/mol. The van der Waals surface area contributed by atoms with E-state index >= 15 is 0 Å². The Hall–Kier alpha value is -4.24. The van der Waals surface area contributed by atoms with Gasteiger partial charge in [0.25, 0.3) is 0 Å². The number of hydrogen-bond acceptors (Lipinski definition) is 9. The quantitative estimate of drug-likeness (QED) is 0.154. The lowest BCUT2D eigenvalue weighted by Gasteiger charge is -2.40. The lowest BCUT2D eigenvalue weighted by atomic mass is 9.76. The van der Waals surface area contributed by atoms with Crippen molar-refractivity contribution >= 4 is 23.1 Å². The number of piperidine rings is 2. The summed E-state index contributed by atoms with van der Waals surface area (Å²) in [6.07, 6.45) is 14.2. The summed E-state index contributed by atoms with van der Waals surface area (Å²) in [5, 5.41) is 29.9. The Kier molecular flexibility index (Phi) is 13.4. The molecule has 2 aromatic carbocycles. The smallest absolute Gasteiger partial charge is 0.320 e. The number of aromatic nitrogens is 1. The molecule has 0 spiro atoms. The van der Waals surface area contributed by atoms with Crippen molar-refractivity contribution in [1.82, 2.24) is 14.8 Å². The third-order valence-electron chi connectivity index (χ3n) is 10.9. The Bertz CT molecular complexity index is 1880. The topological polar surface area (TPSA) is 128 Å². The van der Waals surface area contributed by atoms with Crippen LogP contribution in [0.1, 0.15) is 73.3 Å². The van der Waals surface area contributed by atoms with Crippen molar-refractivity contribution in [2.45, 2.75) is 83.3 Å². The number of carbonyl (C=O) groups is 1. The minimum atomic E-state index is -0.838. The normalized spacial score (nSPS) is 23.4. The molecule has 0 bridgehead atoms. The number of nitrogens with zero attached hydrogens (tertiary/aromatic N) is 4. The van der Waals surface area contributed by atoms with Crippen LogP contribution in [0.2, 0.25) is 5.02 Å². The Morgan fingerprint density at radius 3 is 2.74 bits per heavy atom. The predicted molar refractivity (Wildman–Crippen MR) is 208 cm³/mol. The number of halogens is 1. The molecule has 2 fully saturated rings. The standard InChI is InChI=1S/C43H51ClN4O6/c1-30-10-3-4-12-36(30)37-13-7-15-43(31(37)2,54-19-9-17-47-16-8-11-35(49)27-47)29-53-41-22-40(52-28-33-20-32(23-45)24-46-25-33)34(21-38(41)44)26-48-18-6-5-14-39(48)42(50)51/h3-4,7,10,12-13,15,20-22,24-25,31,35,39,49H,5-6,8-9,11,14,16-19,26-29H2,1-2H3,(H,50,51)/t31?,35-,39+,43?/m1/s1. The van der Waals surface area contributed by atoms with Gasteiger partial charge in [0, 0.05) is 61.7 Å². The van der Waals surface area contributed by atoms with Gasteiger partial charge < -0.3 is 29.3 Å². The van der Waals surface area contributed by atoms with Crippen molar-refractivity contribution < 1.29 is 29.2 Å². The van der Waals surface area contributed by atoms with Crippen LogP contribution in [0, 0.1) is 24.2 Å². The lowest BCUT2D eigenvalue weighted by molar-refractivity contribution is -0.144. The summed E-state index contributed by atoms with van der Waals surface area (Å²) in [7, 11) is 0. The van der Waals surface area contributed by atoms with Gasteiger partial charge in [-0.2, -0.15) is 5.26 Å². The maximum atomic E-state index is 12.2. The van der Waals surface area contributed by atoms with Gasteiger partial charge in [0.15, 0.2) is 0 Å². The van der Waals surface area contributed by atoms with E-state index in [2.05, 4.69) is 60.2 Å². The maximum absolute atomic E-state index is 12.2. The number of rotatable bonds is 15. The van der Waals surface area contributed by atoms with E-state index in [1.54, 1.807) is 18.3 Å². The summed E-state index contributed by atoms with van der Waals surface area (Å²) in [5.41, 5.74) is 4.58. The second kappa shape index (κ2) is 18.4. The molecule has 54 heavy (non-hydrogen) atoms. The molecule has 0 amide bonds. The maximum Gasteiger partial charge on any atom is 0.320 e. The van der Waals surface area contributed by atoms with Crippen LogP contribution in [-0.4, -0.2) is 88.1 Å². The highest BCUT2D eigenvalue weighted by Crippen LogP contribution is 2.42. The van der Waals surface area contributed by atoms with E-state index < -0.39 is 17.6 Å². The van der Waals surface area contributed by atoms with E-state index in [0.717, 1.165) is 67.5 Å². The van der Waals surface area contributed by atoms with Crippen molar-refractivity contribution in [2.24, 2.45) is 5.92 Å². The van der Waals surface area contributed by atoms with Crippen molar-refractivity contribution in [3.8, 4) is 17.6 Å². The fourth-order valence-corrected chi connectivity index (χ4v) is 8.10. The summed E-state index contributed by atoms with van der Waals surface area (Å²) >= 11 is 6.99. The van der Waals surface area contributed by atoms with Crippen LogP contribution in [-0.2, 0) is 22.7 Å². The number of allylic oxidation sites excluding steroid dienone is 2. The average molecular weight is 755 g/mol. The Morgan fingerprint density at radius 1 is 1.09 bits per heavy atom. The molecule has 1 aromatic heterocycles. The number of likely N-dealkylation sites (tertiary alicyclic amines) is 2. The first-order valence-corrected chi connectivity index (χ1v) is 19.4. The average Bonchev–Trinajstić information content (AvgIpc) is 3.17. The molecule has 2 saturated heterocycles. The number of benzene rings is 2. The number of β-amino-alcohol motifs (C(OH)–C–C–N with tert-alkyl or cyclic N) is 1. The Balaban J connectivity index is 1.26. The van der Waals surface area contributed by atoms with E-state index in [-0.39, 0.29) is 25.2 Å². The summed E-state index contributed by atoms with van der Waals surface area (Å²) in [5.74, 6) is 0.0276. The Morgan fingerprint density at radius 2 is 1.94 bits per heavy atom. The predicted octanol–water partition coefficient (Wildman–Crippen LogP) is 7.20. The van der Waals surface area contributed by atoms with E-state index in [1.165, 1.54) is 11.8 Å². The van der Waals surface area contributed by atoms with Crippen LogP contribution in [0.25, 0.3) is 5.57 Å². The highest BCUT2D eigenvalue weighted by molar-refractivity contribution is 6.32. The third kappa shape index (κ3) is 9.70. The van der Waals surface area contributed by atoms with E-state index in [0.29, 0.717) is 54.7 Å². The van der Waals surface area contributed by atoms with Crippen LogP contribution >= 0.6 is 11.6 Å². The van der Waals surface area contributed by atoms with Gasteiger partial charge >= 0.3 is 5.97 Å². The lowest BCUT2D eigenvalue weighted by Crippen LogP contribution is -2.46. The highest BCUT2D eigenvalue weighted by Gasteiger charge is 2.40. The second-order valence-corrected chi connectivity index (χ2v) is 15.2. The zero-order chi connectivity index (χ0) is 38.1. The van der Waals surface area contributed by atoms with Crippen molar-refractivity contribution in [1.29, 1.82) is 5.26 Å². The van der Waals surface area contributed by atoms with Crippen LogP contribution in [0.5, 0.6) is 11.5 Å². The number of hydrogen-bond donors (Lipinski definition) is 2. The van der Waals surface area contributed by atoms with Crippen LogP contribution in [0.3, 0.4) is 0 Å². The van der Waals surface area contributed by atoms with E-state index in [4.69, 9.17) is 25.8 Å². The van der Waals surface area contributed by atoms with Gasteiger partial charge in [-0.15, -0.1) is 0 Å². The molecule has 2 N–H and O–H groups in total. The number of carboxylic acids is 1. The first-order chi connectivity index (χ1) is 26.2. The molecule has 0 radical (unpaired) electrons. The summed E-state index contributed by atoms with van der Waals surface area (Å²) < 4.78 is 19.9. The van der Waals surface area contributed by atoms with Gasteiger partial charge in [-0.25, -0.2) is 0 Å². The number of aliphatic hydroxyl groups is 1. The fourth-order valence-electron chi connectivity index (χ4n) is 7.86. The summed E-state index contributed by atoms with van der Waals surface area (Å²) in [4.78, 5) is 20.6. The van der Waals surface area contributed by atoms with Gasteiger partial charge in [-0.05, 0) is 87.0 Å². The third-order valence-corrected chi connectivity index (χ3v) is 11.2. The molecule has 286 valence electrons. The molecule has 3 aliphatic rings.